The second kappa shape index (κ2) is 8.90. The number of hydrogen-bond donors (Lipinski definition) is 5. The van der Waals surface area contributed by atoms with E-state index in [0.29, 0.717) is 50.3 Å². The van der Waals surface area contributed by atoms with E-state index in [1.54, 1.807) is 36.4 Å². The molecule has 1 aliphatic rings. The zero-order valence-electron chi connectivity index (χ0n) is 17.3. The lowest BCUT2D eigenvalue weighted by Gasteiger charge is -2.15. The highest BCUT2D eigenvalue weighted by Crippen LogP contribution is 2.29. The number of benzene rings is 2. The summed E-state index contributed by atoms with van der Waals surface area (Å²) in [7, 11) is 0. The molecular formula is C23H20Cl2N6O2. The van der Waals surface area contributed by atoms with Crippen LogP contribution in [0.4, 0.5) is 5.69 Å². The number of fused-ring (bicyclic) bond motifs is 1. The summed E-state index contributed by atoms with van der Waals surface area (Å²) in [5.74, 6) is 1.15. The summed E-state index contributed by atoms with van der Waals surface area (Å²) in [6, 6.07) is 12.4. The Hall–Kier alpha value is -3.33. The number of halogens is 2. The maximum atomic E-state index is 12.7. The summed E-state index contributed by atoms with van der Waals surface area (Å²) in [6.07, 6.45) is 0.723. The van der Waals surface area contributed by atoms with Gasteiger partial charge in [0.05, 0.1) is 28.9 Å². The first-order valence-electron chi connectivity index (χ1n) is 10.4. The van der Waals surface area contributed by atoms with Crippen molar-refractivity contribution in [1.29, 1.82) is 0 Å². The SMILES string of the molecule is O=c1[nH]ccc(NCC(O)c2cccc(Cl)c2)c1-c1nc2c(Cl)cc(C3=NCCN3)cc2[nH]1. The topological polar surface area (TPSA) is 118 Å². The quantitative estimate of drug-likeness (QED) is 0.287. The fourth-order valence-corrected chi connectivity index (χ4v) is 4.28. The van der Waals surface area contributed by atoms with Crippen molar-refractivity contribution in [3.8, 4) is 11.4 Å². The van der Waals surface area contributed by atoms with Gasteiger partial charge in [-0.2, -0.15) is 0 Å². The van der Waals surface area contributed by atoms with E-state index in [2.05, 4.69) is 30.6 Å². The second-order valence-corrected chi connectivity index (χ2v) is 8.49. The van der Waals surface area contributed by atoms with Crippen LogP contribution in [0.5, 0.6) is 0 Å². The third kappa shape index (κ3) is 4.32. The number of pyridine rings is 1. The monoisotopic (exact) mass is 482 g/mol. The Morgan fingerprint density at radius 2 is 2.06 bits per heavy atom. The Morgan fingerprint density at radius 3 is 2.85 bits per heavy atom. The fraction of sp³-hybridized carbons (Fsp3) is 0.174. The molecule has 2 aromatic heterocycles. The van der Waals surface area contributed by atoms with Crippen molar-refractivity contribution in [3.63, 3.8) is 0 Å². The number of hydrogen-bond acceptors (Lipinski definition) is 6. The van der Waals surface area contributed by atoms with Gasteiger partial charge in [-0.1, -0.05) is 35.3 Å². The number of H-pyrrole nitrogens is 2. The van der Waals surface area contributed by atoms with E-state index in [0.717, 1.165) is 17.9 Å². The third-order valence-corrected chi connectivity index (χ3v) is 5.93. The molecule has 168 valence electrons. The molecule has 1 atom stereocenters. The molecule has 5 N–H and O–H groups in total. The van der Waals surface area contributed by atoms with Gasteiger partial charge < -0.3 is 25.7 Å². The normalized spacial score (nSPS) is 14.2. The number of anilines is 1. The predicted octanol–water partition coefficient (Wildman–Crippen LogP) is 3.72. The van der Waals surface area contributed by atoms with E-state index in [1.807, 2.05) is 6.07 Å². The van der Waals surface area contributed by atoms with Gasteiger partial charge >= 0.3 is 0 Å². The molecule has 1 aliphatic heterocycles. The van der Waals surface area contributed by atoms with Crippen LogP contribution >= 0.6 is 23.2 Å². The predicted molar refractivity (Wildman–Crippen MR) is 131 cm³/mol. The number of nitrogens with zero attached hydrogens (tertiary/aromatic N) is 2. The molecule has 33 heavy (non-hydrogen) atoms. The minimum atomic E-state index is -0.816. The van der Waals surface area contributed by atoms with Gasteiger partial charge in [-0.05, 0) is 35.9 Å². The average Bonchev–Trinajstić information content (AvgIpc) is 3.48. The van der Waals surface area contributed by atoms with E-state index in [1.165, 1.54) is 6.20 Å². The molecule has 8 nitrogen and oxygen atoms in total. The van der Waals surface area contributed by atoms with Gasteiger partial charge in [0.2, 0.25) is 0 Å². The van der Waals surface area contributed by atoms with E-state index < -0.39 is 6.10 Å². The number of aliphatic imine (C=N–C) groups is 1. The molecule has 10 heteroatoms. The van der Waals surface area contributed by atoms with Crippen LogP contribution in [0.1, 0.15) is 17.2 Å². The number of aromatic nitrogens is 3. The van der Waals surface area contributed by atoms with Crippen LogP contribution in [0.15, 0.2) is 58.4 Å². The van der Waals surface area contributed by atoms with E-state index in [9.17, 15) is 9.90 Å². The van der Waals surface area contributed by atoms with Crippen LogP contribution in [0, 0.1) is 0 Å². The molecule has 4 aromatic rings. The van der Waals surface area contributed by atoms with Crippen molar-refractivity contribution in [2.75, 3.05) is 25.0 Å². The van der Waals surface area contributed by atoms with Crippen molar-refractivity contribution in [1.82, 2.24) is 20.3 Å². The number of nitrogens with one attached hydrogen (secondary N) is 4. The van der Waals surface area contributed by atoms with Crippen molar-refractivity contribution in [2.24, 2.45) is 4.99 Å². The van der Waals surface area contributed by atoms with Crippen molar-refractivity contribution in [3.05, 3.63) is 80.2 Å². The Labute approximate surface area is 198 Å². The first-order chi connectivity index (χ1) is 16.0. The summed E-state index contributed by atoms with van der Waals surface area (Å²) in [5, 5.41) is 17.9. The lowest BCUT2D eigenvalue weighted by atomic mass is 10.1. The van der Waals surface area contributed by atoms with Gasteiger partial charge in [-0.15, -0.1) is 0 Å². The van der Waals surface area contributed by atoms with Gasteiger partial charge in [0, 0.05) is 29.9 Å². The molecule has 1 unspecified atom stereocenters. The molecule has 5 rings (SSSR count). The molecule has 0 fully saturated rings. The summed E-state index contributed by atoms with van der Waals surface area (Å²) in [5.41, 5.74) is 3.30. The minimum absolute atomic E-state index is 0.174. The first-order valence-corrected chi connectivity index (χ1v) is 11.1. The molecule has 0 bridgehead atoms. The highest BCUT2D eigenvalue weighted by molar-refractivity contribution is 6.35. The van der Waals surface area contributed by atoms with Crippen LogP contribution in [0.2, 0.25) is 10.0 Å². The number of rotatable bonds is 6. The van der Waals surface area contributed by atoms with Crippen LogP contribution in [-0.2, 0) is 0 Å². The molecule has 0 saturated carbocycles. The molecular weight excluding hydrogens is 463 g/mol. The summed E-state index contributed by atoms with van der Waals surface area (Å²) in [6.45, 7) is 1.68. The second-order valence-electron chi connectivity index (χ2n) is 7.64. The zero-order chi connectivity index (χ0) is 22.9. The largest absolute Gasteiger partial charge is 0.387 e. The van der Waals surface area contributed by atoms with Crippen molar-refractivity contribution in [2.45, 2.75) is 6.10 Å². The standard InChI is InChI=1S/C23H20Cl2N6O2/c24-14-3-1-2-12(8-14)18(32)11-29-16-4-5-28-23(33)19(16)22-30-17-10-13(21-26-6-7-27-21)9-15(25)20(17)31-22/h1-5,8-10,18,32H,6-7,11H2,(H,26,27)(H,30,31)(H2,28,29,33). The molecule has 2 aromatic carbocycles. The maximum absolute atomic E-state index is 12.7. The summed E-state index contributed by atoms with van der Waals surface area (Å²) < 4.78 is 0. The molecule has 0 saturated heterocycles. The fourth-order valence-electron chi connectivity index (χ4n) is 3.82. The lowest BCUT2D eigenvalue weighted by molar-refractivity contribution is 0.191. The Morgan fingerprint density at radius 1 is 1.18 bits per heavy atom. The van der Waals surface area contributed by atoms with Crippen LogP contribution in [-0.4, -0.2) is 45.5 Å². The molecule has 0 spiro atoms. The van der Waals surface area contributed by atoms with E-state index in [-0.39, 0.29) is 12.1 Å². The average molecular weight is 483 g/mol. The first kappa shape index (κ1) is 21.5. The van der Waals surface area contributed by atoms with E-state index in [4.69, 9.17) is 23.2 Å². The summed E-state index contributed by atoms with van der Waals surface area (Å²) in [4.78, 5) is 27.6. The number of aromatic amines is 2. The number of aliphatic hydroxyl groups is 1. The highest BCUT2D eigenvalue weighted by Gasteiger charge is 2.18. The number of amidine groups is 1. The van der Waals surface area contributed by atoms with Gasteiger partial charge in [0.1, 0.15) is 22.7 Å². The Balaban J connectivity index is 1.48. The van der Waals surface area contributed by atoms with Crippen molar-refractivity contribution >= 4 is 45.8 Å². The number of aliphatic hydroxyl groups excluding tert-OH is 1. The van der Waals surface area contributed by atoms with Crippen molar-refractivity contribution < 1.29 is 5.11 Å². The van der Waals surface area contributed by atoms with Gasteiger partial charge in [0.25, 0.3) is 5.56 Å². The Bertz CT molecular complexity index is 1430. The molecule has 0 amide bonds. The van der Waals surface area contributed by atoms with Gasteiger partial charge in [-0.25, -0.2) is 4.98 Å². The molecule has 0 aliphatic carbocycles. The smallest absolute Gasteiger partial charge is 0.261 e. The Kier molecular flexibility index (Phi) is 5.80. The minimum Gasteiger partial charge on any atom is -0.387 e. The van der Waals surface area contributed by atoms with Crippen LogP contribution < -0.4 is 16.2 Å². The maximum Gasteiger partial charge on any atom is 0.261 e. The molecule has 0 radical (unpaired) electrons. The van der Waals surface area contributed by atoms with Crippen LogP contribution in [0.25, 0.3) is 22.4 Å². The molecule has 3 heterocycles. The van der Waals surface area contributed by atoms with E-state index >= 15 is 0 Å². The third-order valence-electron chi connectivity index (χ3n) is 5.40. The zero-order valence-corrected chi connectivity index (χ0v) is 18.8. The lowest BCUT2D eigenvalue weighted by Crippen LogP contribution is -2.19. The van der Waals surface area contributed by atoms with Gasteiger partial charge in [-0.3, -0.25) is 9.79 Å². The highest BCUT2D eigenvalue weighted by atomic mass is 35.5. The van der Waals surface area contributed by atoms with Crippen LogP contribution in [0.3, 0.4) is 0 Å². The summed E-state index contributed by atoms with van der Waals surface area (Å²) >= 11 is 12.5. The van der Waals surface area contributed by atoms with Gasteiger partial charge in [0.15, 0.2) is 0 Å². The number of imidazole rings is 1.